The molecule has 1 rings (SSSR count). The second kappa shape index (κ2) is 6.34. The van der Waals surface area contributed by atoms with Gasteiger partial charge in [0.2, 0.25) is 0 Å². The van der Waals surface area contributed by atoms with E-state index in [1.54, 1.807) is 0 Å². The second-order valence-corrected chi connectivity index (χ2v) is 3.33. The number of carbonyl (C=O) groups is 3. The molecule has 0 saturated heterocycles. The smallest absolute Gasteiger partial charge is 0.342 e. The third kappa shape index (κ3) is 3.95. The van der Waals surface area contributed by atoms with Crippen molar-refractivity contribution < 1.29 is 28.6 Å². The lowest BCUT2D eigenvalue weighted by molar-refractivity contribution is -0.122. The van der Waals surface area contributed by atoms with Gasteiger partial charge in [0.25, 0.3) is 5.91 Å². The van der Waals surface area contributed by atoms with E-state index in [1.165, 1.54) is 19.2 Å². The number of hydrogen-bond acceptors (Lipinski definition) is 4. The highest BCUT2D eigenvalue weighted by molar-refractivity contribution is 5.95. The number of carbonyl (C=O) groups excluding carboxylic acids is 2. The number of rotatable bonds is 4. The Morgan fingerprint density at radius 3 is 2.63 bits per heavy atom. The molecule has 1 aromatic carbocycles. The molecule has 0 spiro atoms. The quantitative estimate of drug-likeness (QED) is 0.732. The summed E-state index contributed by atoms with van der Waals surface area (Å²) in [6.07, 6.45) is 0. The molecule has 0 radical (unpaired) electrons. The van der Waals surface area contributed by atoms with Crippen LogP contribution in [0.15, 0.2) is 18.2 Å². The van der Waals surface area contributed by atoms with Crippen molar-refractivity contribution in [2.24, 2.45) is 0 Å². The maximum atomic E-state index is 13.3. The lowest BCUT2D eigenvalue weighted by Crippen LogP contribution is -2.40. The molecule has 0 aromatic heterocycles. The van der Waals surface area contributed by atoms with Crippen molar-refractivity contribution in [3.05, 3.63) is 29.6 Å². The summed E-state index contributed by atoms with van der Waals surface area (Å²) < 4.78 is 18.1. The Morgan fingerprint density at radius 2 is 2.05 bits per heavy atom. The van der Waals surface area contributed by atoms with Crippen LogP contribution in [0.3, 0.4) is 0 Å². The molecule has 0 unspecified atom stereocenters. The topological polar surface area (TPSA) is 105 Å². The molecule has 0 atom stereocenters. The van der Waals surface area contributed by atoms with Gasteiger partial charge in [-0.3, -0.25) is 10.1 Å². The number of ether oxygens (including phenoxy) is 1. The van der Waals surface area contributed by atoms with Crippen molar-refractivity contribution in [3.63, 3.8) is 0 Å². The van der Waals surface area contributed by atoms with Gasteiger partial charge in [0, 0.05) is 7.05 Å². The summed E-state index contributed by atoms with van der Waals surface area (Å²) in [5, 5.41) is 12.9. The Hall–Kier alpha value is -2.64. The summed E-state index contributed by atoms with van der Waals surface area (Å²) >= 11 is 0. The summed E-state index contributed by atoms with van der Waals surface area (Å²) in [4.78, 5) is 32.9. The zero-order valence-electron chi connectivity index (χ0n) is 9.90. The van der Waals surface area contributed by atoms with E-state index < -0.39 is 35.9 Å². The molecule has 7 nitrogen and oxygen atoms in total. The number of halogens is 1. The minimum absolute atomic E-state index is 0.292. The van der Waals surface area contributed by atoms with Crippen molar-refractivity contribution in [2.45, 2.75) is 0 Å². The van der Waals surface area contributed by atoms with Gasteiger partial charge in [-0.05, 0) is 12.1 Å². The van der Waals surface area contributed by atoms with Crippen LogP contribution in [0.2, 0.25) is 0 Å². The van der Waals surface area contributed by atoms with E-state index in [0.29, 0.717) is 0 Å². The molecule has 0 saturated carbocycles. The van der Waals surface area contributed by atoms with E-state index in [1.807, 2.05) is 5.32 Å². The number of amides is 3. The maximum Gasteiger partial charge on any atom is 0.342 e. The van der Waals surface area contributed by atoms with Crippen molar-refractivity contribution in [1.82, 2.24) is 10.6 Å². The SMILES string of the molecule is CNC(=O)NC(=O)COc1cccc(F)c1C(=O)O. The highest BCUT2D eigenvalue weighted by Crippen LogP contribution is 2.21. The fourth-order valence-corrected chi connectivity index (χ4v) is 1.20. The van der Waals surface area contributed by atoms with Gasteiger partial charge < -0.3 is 15.2 Å². The number of nitrogens with one attached hydrogen (secondary N) is 2. The molecule has 0 heterocycles. The third-order valence-electron chi connectivity index (χ3n) is 2.03. The average molecular weight is 270 g/mol. The van der Waals surface area contributed by atoms with Gasteiger partial charge >= 0.3 is 12.0 Å². The average Bonchev–Trinajstić information content (AvgIpc) is 2.35. The highest BCUT2D eigenvalue weighted by Gasteiger charge is 2.17. The fraction of sp³-hybridized carbons (Fsp3) is 0.182. The molecule has 0 bridgehead atoms. The number of imide groups is 1. The van der Waals surface area contributed by atoms with Gasteiger partial charge in [-0.25, -0.2) is 14.0 Å². The number of carboxylic acids is 1. The van der Waals surface area contributed by atoms with Crippen LogP contribution >= 0.6 is 0 Å². The van der Waals surface area contributed by atoms with Gasteiger partial charge in [0.1, 0.15) is 17.1 Å². The number of carboxylic acid groups (broad SMARTS) is 1. The Morgan fingerprint density at radius 1 is 1.37 bits per heavy atom. The van der Waals surface area contributed by atoms with Crippen molar-refractivity contribution >= 4 is 17.9 Å². The van der Waals surface area contributed by atoms with E-state index in [0.717, 1.165) is 6.07 Å². The summed E-state index contributed by atoms with van der Waals surface area (Å²) in [5.41, 5.74) is -0.671. The first-order valence-electron chi connectivity index (χ1n) is 5.12. The minimum atomic E-state index is -1.51. The van der Waals surface area contributed by atoms with Crippen LogP contribution in [-0.2, 0) is 4.79 Å². The first-order chi connectivity index (χ1) is 8.95. The molecule has 0 aliphatic carbocycles. The van der Waals surface area contributed by atoms with Crippen molar-refractivity contribution in [1.29, 1.82) is 0 Å². The van der Waals surface area contributed by atoms with Gasteiger partial charge in [0.05, 0.1) is 0 Å². The van der Waals surface area contributed by atoms with E-state index in [4.69, 9.17) is 9.84 Å². The maximum absolute atomic E-state index is 13.3. The van der Waals surface area contributed by atoms with Crippen LogP contribution in [0, 0.1) is 5.82 Å². The molecular formula is C11H11FN2O5. The van der Waals surface area contributed by atoms with Crippen molar-refractivity contribution in [2.75, 3.05) is 13.7 Å². The number of aromatic carboxylic acids is 1. The molecule has 0 aliphatic rings. The van der Waals surface area contributed by atoms with Crippen LogP contribution in [0.4, 0.5) is 9.18 Å². The van der Waals surface area contributed by atoms with Gasteiger partial charge in [-0.15, -0.1) is 0 Å². The molecule has 1 aromatic rings. The van der Waals surface area contributed by atoms with Gasteiger partial charge in [-0.2, -0.15) is 0 Å². The van der Waals surface area contributed by atoms with Crippen molar-refractivity contribution in [3.8, 4) is 5.75 Å². The predicted octanol–water partition coefficient (Wildman–Crippen LogP) is 0.358. The first kappa shape index (κ1) is 14.4. The van der Waals surface area contributed by atoms with E-state index in [2.05, 4.69) is 5.32 Å². The number of urea groups is 1. The minimum Gasteiger partial charge on any atom is -0.483 e. The number of hydrogen-bond donors (Lipinski definition) is 3. The largest absolute Gasteiger partial charge is 0.483 e. The monoisotopic (exact) mass is 270 g/mol. The van der Waals surface area contributed by atoms with E-state index >= 15 is 0 Å². The van der Waals surface area contributed by atoms with Crippen LogP contribution in [-0.4, -0.2) is 36.7 Å². The standard InChI is InChI=1S/C11H11FN2O5/c1-13-11(18)14-8(15)5-19-7-4-2-3-6(12)9(7)10(16)17/h2-4H,5H2,1H3,(H,16,17)(H2,13,14,15,18). The van der Waals surface area contributed by atoms with Gasteiger partial charge in [-0.1, -0.05) is 6.07 Å². The third-order valence-corrected chi connectivity index (χ3v) is 2.03. The number of benzene rings is 1. The highest BCUT2D eigenvalue weighted by atomic mass is 19.1. The molecule has 3 amide bonds. The Bertz CT molecular complexity index is 518. The van der Waals surface area contributed by atoms with Crippen LogP contribution in [0.25, 0.3) is 0 Å². The van der Waals surface area contributed by atoms with E-state index in [9.17, 15) is 18.8 Å². The summed E-state index contributed by atoms with van der Waals surface area (Å²) in [6.45, 7) is -0.614. The molecule has 8 heteroatoms. The Kier molecular flexibility index (Phi) is 4.81. The lowest BCUT2D eigenvalue weighted by atomic mass is 10.2. The molecular weight excluding hydrogens is 259 g/mol. The predicted molar refractivity (Wildman–Crippen MR) is 61.5 cm³/mol. The zero-order valence-corrected chi connectivity index (χ0v) is 9.90. The fourth-order valence-electron chi connectivity index (χ4n) is 1.20. The zero-order chi connectivity index (χ0) is 14.4. The molecule has 3 N–H and O–H groups in total. The van der Waals surface area contributed by atoms with Crippen LogP contribution in [0.5, 0.6) is 5.75 Å². The molecule has 19 heavy (non-hydrogen) atoms. The summed E-state index contributed by atoms with van der Waals surface area (Å²) in [7, 11) is 1.32. The van der Waals surface area contributed by atoms with Gasteiger partial charge in [0.15, 0.2) is 6.61 Å². The molecule has 0 fully saturated rings. The first-order valence-corrected chi connectivity index (χ1v) is 5.12. The van der Waals surface area contributed by atoms with Crippen LogP contribution < -0.4 is 15.4 Å². The van der Waals surface area contributed by atoms with Crippen LogP contribution in [0.1, 0.15) is 10.4 Å². The summed E-state index contributed by atoms with van der Waals surface area (Å²) in [6, 6.07) is 2.68. The molecule has 102 valence electrons. The second-order valence-electron chi connectivity index (χ2n) is 3.33. The lowest BCUT2D eigenvalue weighted by Gasteiger charge is -2.09. The summed E-state index contributed by atoms with van der Waals surface area (Å²) in [5.74, 6) is -3.57. The Labute approximate surface area is 107 Å². The molecule has 0 aliphatic heterocycles. The normalized spacial score (nSPS) is 9.58. The Balaban J connectivity index is 2.73. The van der Waals surface area contributed by atoms with E-state index in [-0.39, 0.29) is 5.75 Å².